The Morgan fingerprint density at radius 3 is 3.05 bits per heavy atom. The van der Waals surface area contributed by atoms with Crippen molar-refractivity contribution in [3.63, 3.8) is 0 Å². The van der Waals surface area contributed by atoms with Crippen LogP contribution in [-0.2, 0) is 6.42 Å². The van der Waals surface area contributed by atoms with E-state index in [1.165, 1.54) is 10.9 Å². The molecule has 0 unspecified atom stereocenters. The number of nitrogen functional groups attached to an aromatic ring is 1. The van der Waals surface area contributed by atoms with E-state index < -0.39 is 0 Å². The van der Waals surface area contributed by atoms with E-state index in [-0.39, 0.29) is 5.95 Å². The number of H-pyrrole nitrogens is 2. The zero-order valence-corrected chi connectivity index (χ0v) is 10.6. The molecule has 4 rings (SSSR count). The van der Waals surface area contributed by atoms with E-state index >= 15 is 0 Å². The molecule has 0 fully saturated rings. The maximum Gasteiger partial charge on any atom is 0.222 e. The predicted molar refractivity (Wildman–Crippen MR) is 77.2 cm³/mol. The largest absolute Gasteiger partial charge is 0.368 e. The van der Waals surface area contributed by atoms with Gasteiger partial charge in [0.05, 0.1) is 6.20 Å². The number of aromatic amines is 2. The third-order valence-corrected chi connectivity index (χ3v) is 3.35. The van der Waals surface area contributed by atoms with E-state index in [2.05, 4.69) is 43.1 Å². The van der Waals surface area contributed by atoms with Gasteiger partial charge in [-0.15, -0.1) is 0 Å². The number of nitrogens with zero attached hydrogens (tertiary/aromatic N) is 3. The third kappa shape index (κ3) is 1.70. The van der Waals surface area contributed by atoms with Crippen LogP contribution in [0.5, 0.6) is 0 Å². The molecule has 0 aliphatic carbocycles. The summed E-state index contributed by atoms with van der Waals surface area (Å²) in [5.74, 6) is 1.11. The molecule has 4 aromatic rings. The summed E-state index contributed by atoms with van der Waals surface area (Å²) in [6, 6.07) is 8.27. The van der Waals surface area contributed by atoms with Gasteiger partial charge in [-0.05, 0) is 17.7 Å². The normalized spacial score (nSPS) is 11.4. The number of anilines is 1. The molecule has 0 aliphatic rings. The summed E-state index contributed by atoms with van der Waals surface area (Å²) in [6.07, 6.45) is 4.29. The van der Waals surface area contributed by atoms with Crippen LogP contribution in [0.4, 0.5) is 5.95 Å². The summed E-state index contributed by atoms with van der Waals surface area (Å²) in [7, 11) is 0. The minimum Gasteiger partial charge on any atom is -0.368 e. The van der Waals surface area contributed by atoms with E-state index in [1.54, 1.807) is 6.20 Å². The molecule has 0 saturated heterocycles. The lowest BCUT2D eigenvalue weighted by atomic mass is 10.1. The van der Waals surface area contributed by atoms with Gasteiger partial charge in [0.2, 0.25) is 5.95 Å². The number of aromatic nitrogens is 5. The maximum absolute atomic E-state index is 5.57. The topological polar surface area (TPSA) is 96.3 Å². The quantitative estimate of drug-likeness (QED) is 0.516. The molecule has 0 amide bonds. The number of rotatable bonds is 2. The van der Waals surface area contributed by atoms with Crippen LogP contribution in [0.15, 0.2) is 36.7 Å². The number of fused-ring (bicyclic) bond motifs is 2. The first kappa shape index (κ1) is 11.0. The number of imidazole rings is 1. The smallest absolute Gasteiger partial charge is 0.222 e. The minimum atomic E-state index is 0.250. The SMILES string of the molecule is Nc1ncc2nc(Cc3cccc4[nH]ccc34)[nH]c2n1. The first-order chi connectivity index (χ1) is 9.79. The molecule has 6 nitrogen and oxygen atoms in total. The lowest BCUT2D eigenvalue weighted by molar-refractivity contribution is 1.04. The zero-order chi connectivity index (χ0) is 13.5. The fraction of sp³-hybridized carbons (Fsp3) is 0.0714. The van der Waals surface area contributed by atoms with Crippen molar-refractivity contribution in [1.29, 1.82) is 0 Å². The number of nitrogens with one attached hydrogen (secondary N) is 2. The van der Waals surface area contributed by atoms with Gasteiger partial charge in [0.25, 0.3) is 0 Å². The minimum absolute atomic E-state index is 0.250. The molecular weight excluding hydrogens is 252 g/mol. The Balaban J connectivity index is 1.78. The van der Waals surface area contributed by atoms with Crippen LogP contribution < -0.4 is 5.73 Å². The summed E-state index contributed by atoms with van der Waals surface area (Å²) in [4.78, 5) is 19.0. The summed E-state index contributed by atoms with van der Waals surface area (Å²) in [5.41, 5.74) is 9.32. The standard InChI is InChI=1S/C14H12N6/c15-14-17-7-11-13(20-14)19-12(18-11)6-8-2-1-3-10-9(8)4-5-16-10/h1-5,7,16H,6H2,(H3,15,17,18,19,20). The van der Waals surface area contributed by atoms with Gasteiger partial charge in [0.15, 0.2) is 5.65 Å². The number of nitrogens with two attached hydrogens (primary N) is 1. The van der Waals surface area contributed by atoms with Gasteiger partial charge in [-0.3, -0.25) is 0 Å². The summed E-state index contributed by atoms with van der Waals surface area (Å²) >= 11 is 0. The van der Waals surface area contributed by atoms with Gasteiger partial charge in [-0.25, -0.2) is 9.97 Å². The fourth-order valence-electron chi connectivity index (χ4n) is 2.44. The van der Waals surface area contributed by atoms with Gasteiger partial charge >= 0.3 is 0 Å². The lowest BCUT2D eigenvalue weighted by Gasteiger charge is -2.00. The zero-order valence-electron chi connectivity index (χ0n) is 10.6. The van der Waals surface area contributed by atoms with E-state index in [0.717, 1.165) is 16.9 Å². The third-order valence-electron chi connectivity index (χ3n) is 3.35. The molecule has 3 heterocycles. The van der Waals surface area contributed by atoms with Crippen molar-refractivity contribution in [3.8, 4) is 0 Å². The van der Waals surface area contributed by atoms with Crippen LogP contribution in [0.25, 0.3) is 22.1 Å². The molecule has 3 aromatic heterocycles. The Hall–Kier alpha value is -2.89. The van der Waals surface area contributed by atoms with Crippen LogP contribution in [0.3, 0.4) is 0 Å². The first-order valence-corrected chi connectivity index (χ1v) is 6.32. The first-order valence-electron chi connectivity index (χ1n) is 6.32. The molecule has 0 saturated carbocycles. The van der Waals surface area contributed by atoms with E-state index in [4.69, 9.17) is 5.73 Å². The second-order valence-electron chi connectivity index (χ2n) is 4.68. The van der Waals surface area contributed by atoms with Crippen molar-refractivity contribution in [2.24, 2.45) is 0 Å². The number of benzene rings is 1. The van der Waals surface area contributed by atoms with Crippen molar-refractivity contribution in [3.05, 3.63) is 48.0 Å². The second kappa shape index (κ2) is 4.06. The van der Waals surface area contributed by atoms with Gasteiger partial charge in [-0.1, -0.05) is 12.1 Å². The van der Waals surface area contributed by atoms with Crippen molar-refractivity contribution in [2.45, 2.75) is 6.42 Å². The van der Waals surface area contributed by atoms with Crippen LogP contribution >= 0.6 is 0 Å². The molecule has 0 spiro atoms. The second-order valence-corrected chi connectivity index (χ2v) is 4.68. The van der Waals surface area contributed by atoms with Crippen molar-refractivity contribution in [1.82, 2.24) is 24.9 Å². The predicted octanol–water partition coefficient (Wildman–Crippen LogP) is 2.01. The number of hydrogen-bond acceptors (Lipinski definition) is 4. The van der Waals surface area contributed by atoms with Crippen molar-refractivity contribution < 1.29 is 0 Å². The summed E-state index contributed by atoms with van der Waals surface area (Å²) < 4.78 is 0. The van der Waals surface area contributed by atoms with Gasteiger partial charge in [-0.2, -0.15) is 4.98 Å². The van der Waals surface area contributed by atoms with Crippen LogP contribution in [0.2, 0.25) is 0 Å². The Morgan fingerprint density at radius 1 is 1.15 bits per heavy atom. The van der Waals surface area contributed by atoms with Crippen LogP contribution in [0.1, 0.15) is 11.4 Å². The molecule has 0 radical (unpaired) electrons. The molecular formula is C14H12N6. The Labute approximate surface area is 114 Å². The molecule has 98 valence electrons. The molecule has 6 heteroatoms. The highest BCUT2D eigenvalue weighted by atomic mass is 15.1. The Bertz CT molecular complexity index is 904. The van der Waals surface area contributed by atoms with Crippen molar-refractivity contribution in [2.75, 3.05) is 5.73 Å². The molecule has 20 heavy (non-hydrogen) atoms. The fourth-order valence-corrected chi connectivity index (χ4v) is 2.44. The van der Waals surface area contributed by atoms with E-state index in [0.29, 0.717) is 12.1 Å². The summed E-state index contributed by atoms with van der Waals surface area (Å²) in [6.45, 7) is 0. The lowest BCUT2D eigenvalue weighted by Crippen LogP contribution is -1.93. The maximum atomic E-state index is 5.57. The van der Waals surface area contributed by atoms with E-state index in [9.17, 15) is 0 Å². The van der Waals surface area contributed by atoms with Crippen LogP contribution in [0, 0.1) is 0 Å². The average molecular weight is 264 g/mol. The van der Waals surface area contributed by atoms with Gasteiger partial charge < -0.3 is 15.7 Å². The van der Waals surface area contributed by atoms with E-state index in [1.807, 2.05) is 12.3 Å². The summed E-state index contributed by atoms with van der Waals surface area (Å²) in [5, 5.41) is 1.21. The van der Waals surface area contributed by atoms with Crippen molar-refractivity contribution >= 4 is 28.0 Å². The highest BCUT2D eigenvalue weighted by Gasteiger charge is 2.08. The molecule has 0 atom stereocenters. The van der Waals surface area contributed by atoms with Gasteiger partial charge in [0, 0.05) is 23.5 Å². The molecule has 4 N–H and O–H groups in total. The average Bonchev–Trinajstić information content (AvgIpc) is 3.04. The highest BCUT2D eigenvalue weighted by Crippen LogP contribution is 2.20. The van der Waals surface area contributed by atoms with Gasteiger partial charge in [0.1, 0.15) is 11.3 Å². The molecule has 0 bridgehead atoms. The molecule has 1 aromatic carbocycles. The molecule has 0 aliphatic heterocycles. The number of hydrogen-bond donors (Lipinski definition) is 3. The Morgan fingerprint density at radius 2 is 2.10 bits per heavy atom. The monoisotopic (exact) mass is 264 g/mol. The van der Waals surface area contributed by atoms with Crippen LogP contribution in [-0.4, -0.2) is 24.9 Å². The highest BCUT2D eigenvalue weighted by molar-refractivity contribution is 5.83. The Kier molecular flexibility index (Phi) is 2.23.